The first-order chi connectivity index (χ1) is 13.5. The second-order valence-electron chi connectivity index (χ2n) is 6.96. The maximum Gasteiger partial charge on any atom is 0.328 e. The third-order valence-electron chi connectivity index (χ3n) is 5.10. The Balaban J connectivity index is 0.000000242. The van der Waals surface area contributed by atoms with Gasteiger partial charge in [-0.2, -0.15) is 0 Å². The van der Waals surface area contributed by atoms with Gasteiger partial charge >= 0.3 is 11.9 Å². The molecule has 0 spiro atoms. The van der Waals surface area contributed by atoms with Crippen molar-refractivity contribution < 1.29 is 19.8 Å². The van der Waals surface area contributed by atoms with Crippen molar-refractivity contribution in [2.75, 3.05) is 11.4 Å². The van der Waals surface area contributed by atoms with E-state index in [9.17, 15) is 9.59 Å². The summed E-state index contributed by atoms with van der Waals surface area (Å²) in [6, 6.07) is 18.2. The van der Waals surface area contributed by atoms with E-state index in [1.807, 2.05) is 0 Å². The van der Waals surface area contributed by atoms with Gasteiger partial charge in [0.15, 0.2) is 0 Å². The van der Waals surface area contributed by atoms with Crippen molar-refractivity contribution in [1.82, 2.24) is 0 Å². The number of benzene rings is 2. The summed E-state index contributed by atoms with van der Waals surface area (Å²) >= 11 is 0. The number of hydrogen-bond acceptors (Lipinski definition) is 4. The van der Waals surface area contributed by atoms with Crippen LogP contribution in [0, 0.1) is 0 Å². The molecule has 2 aromatic carbocycles. The van der Waals surface area contributed by atoms with E-state index in [0.717, 1.165) is 19.4 Å². The fourth-order valence-electron chi connectivity index (χ4n) is 3.97. The molecule has 0 bridgehead atoms. The largest absolute Gasteiger partial charge is 0.478 e. The summed E-state index contributed by atoms with van der Waals surface area (Å²) < 4.78 is 0. The summed E-state index contributed by atoms with van der Waals surface area (Å²) in [5.41, 5.74) is 12.2. The Morgan fingerprint density at radius 2 is 1.57 bits per heavy atom. The number of hydrogen-bond donors (Lipinski definition) is 3. The highest BCUT2D eigenvalue weighted by Gasteiger charge is 2.34. The van der Waals surface area contributed by atoms with Crippen LogP contribution in [0.25, 0.3) is 0 Å². The molecule has 2 aliphatic heterocycles. The fourth-order valence-corrected chi connectivity index (χ4v) is 3.97. The highest BCUT2D eigenvalue weighted by molar-refractivity contribution is 5.89. The Morgan fingerprint density at radius 1 is 0.964 bits per heavy atom. The molecule has 4 N–H and O–H groups in total. The minimum Gasteiger partial charge on any atom is -0.478 e. The Morgan fingerprint density at radius 3 is 2.25 bits per heavy atom. The Labute approximate surface area is 163 Å². The Hall–Kier alpha value is -3.12. The number of nitrogens with two attached hydrogens (primary N) is 1. The van der Waals surface area contributed by atoms with Gasteiger partial charge in [-0.15, -0.1) is 0 Å². The summed E-state index contributed by atoms with van der Waals surface area (Å²) in [7, 11) is 0. The maximum absolute atomic E-state index is 9.55. The molecule has 28 heavy (non-hydrogen) atoms. The third-order valence-corrected chi connectivity index (χ3v) is 5.10. The average molecular weight is 380 g/mol. The molecule has 1 saturated heterocycles. The summed E-state index contributed by atoms with van der Waals surface area (Å²) in [5, 5.41) is 15.6. The molecular formula is C22H24N2O4. The van der Waals surface area contributed by atoms with Crippen molar-refractivity contribution in [1.29, 1.82) is 0 Å². The predicted octanol–water partition coefficient (Wildman–Crippen LogP) is 2.97. The number of carbonyl (C=O) groups is 2. The molecule has 6 heteroatoms. The monoisotopic (exact) mass is 380 g/mol. The number of carboxylic acid groups (broad SMARTS) is 2. The molecule has 0 saturated carbocycles. The van der Waals surface area contributed by atoms with E-state index in [0.29, 0.717) is 18.2 Å². The normalized spacial score (nSPS) is 20.1. The molecule has 0 amide bonds. The van der Waals surface area contributed by atoms with Crippen LogP contribution in [-0.2, 0) is 16.0 Å². The van der Waals surface area contributed by atoms with Gasteiger partial charge in [-0.1, -0.05) is 42.5 Å². The lowest BCUT2D eigenvalue weighted by molar-refractivity contribution is -0.134. The van der Waals surface area contributed by atoms with E-state index >= 15 is 0 Å². The van der Waals surface area contributed by atoms with Gasteiger partial charge in [-0.25, -0.2) is 9.59 Å². The summed E-state index contributed by atoms with van der Waals surface area (Å²) in [6.45, 7) is 1.11. The molecule has 146 valence electrons. The van der Waals surface area contributed by atoms with Crippen LogP contribution in [0.4, 0.5) is 5.69 Å². The van der Waals surface area contributed by atoms with E-state index in [1.165, 1.54) is 28.8 Å². The lowest BCUT2D eigenvalue weighted by Gasteiger charge is -2.41. The zero-order valence-corrected chi connectivity index (χ0v) is 15.5. The standard InChI is InChI=1S/C18H20N2.C4H4O4/c19-16-9-5-11-20-17-10-4-2-7-14(17)12-13-6-1-3-8-15(13)18(16)20;5-3(6)1-2-4(7)8/h1-4,6-8,10,16,18H,5,9,11-12,19H2;1-2H,(H,5,6)(H,7,8)/t16-,18+;/m1./s1. The molecular weight excluding hydrogens is 356 g/mol. The topological polar surface area (TPSA) is 104 Å². The van der Waals surface area contributed by atoms with E-state index in [1.54, 1.807) is 0 Å². The quantitative estimate of drug-likeness (QED) is 0.692. The van der Waals surface area contributed by atoms with Gasteiger partial charge in [0.05, 0.1) is 6.04 Å². The maximum atomic E-state index is 9.55. The van der Waals surface area contributed by atoms with Gasteiger partial charge in [-0.3, -0.25) is 0 Å². The molecule has 6 nitrogen and oxygen atoms in total. The molecule has 0 radical (unpaired) electrons. The zero-order valence-electron chi connectivity index (χ0n) is 15.5. The number of carboxylic acids is 2. The van der Waals surface area contributed by atoms with Crippen molar-refractivity contribution in [2.45, 2.75) is 31.3 Å². The van der Waals surface area contributed by atoms with Gasteiger partial charge in [0.1, 0.15) is 0 Å². The SMILES string of the molecule is N[C@@H]1CCCN2c3ccccc3Cc3ccccc3[C@@H]12.O=C(O)C=CC(=O)O. The molecule has 4 rings (SSSR count). The van der Waals surface area contributed by atoms with Crippen LogP contribution in [0.1, 0.15) is 35.6 Å². The predicted molar refractivity (Wildman–Crippen MR) is 107 cm³/mol. The minimum absolute atomic E-state index is 0.232. The van der Waals surface area contributed by atoms with Crippen LogP contribution in [0.15, 0.2) is 60.7 Å². The summed E-state index contributed by atoms with van der Waals surface area (Å²) in [5.74, 6) is -2.51. The molecule has 0 unspecified atom stereocenters. The first-order valence-corrected chi connectivity index (χ1v) is 9.29. The molecule has 2 heterocycles. The van der Waals surface area contributed by atoms with Crippen molar-refractivity contribution in [2.24, 2.45) is 5.73 Å². The first-order valence-electron chi connectivity index (χ1n) is 9.29. The fraction of sp³-hybridized carbons (Fsp3) is 0.273. The van der Waals surface area contributed by atoms with Crippen LogP contribution >= 0.6 is 0 Å². The number of fused-ring (bicyclic) bond motifs is 5. The zero-order chi connectivity index (χ0) is 20.1. The number of aliphatic carboxylic acids is 2. The van der Waals surface area contributed by atoms with Crippen molar-refractivity contribution in [3.05, 3.63) is 77.4 Å². The summed E-state index contributed by atoms with van der Waals surface area (Å²) in [4.78, 5) is 21.6. The lowest BCUT2D eigenvalue weighted by Crippen LogP contribution is -2.46. The third kappa shape index (κ3) is 4.40. The first kappa shape index (κ1) is 19.6. The molecule has 0 aromatic heterocycles. The number of piperidine rings is 1. The van der Waals surface area contributed by atoms with E-state index in [4.69, 9.17) is 15.9 Å². The van der Waals surface area contributed by atoms with Crippen LogP contribution in [-0.4, -0.2) is 34.7 Å². The Kier molecular flexibility index (Phi) is 6.11. The van der Waals surface area contributed by atoms with Gasteiger partial charge < -0.3 is 20.8 Å². The average Bonchev–Trinajstić information content (AvgIpc) is 2.82. The molecule has 2 aliphatic rings. The van der Waals surface area contributed by atoms with Crippen LogP contribution in [0.2, 0.25) is 0 Å². The number of anilines is 1. The smallest absolute Gasteiger partial charge is 0.328 e. The van der Waals surface area contributed by atoms with Gasteiger partial charge in [0.2, 0.25) is 0 Å². The van der Waals surface area contributed by atoms with Crippen LogP contribution in [0.3, 0.4) is 0 Å². The molecule has 2 aromatic rings. The minimum atomic E-state index is -1.26. The molecule has 0 aliphatic carbocycles. The van der Waals surface area contributed by atoms with Crippen molar-refractivity contribution >= 4 is 17.6 Å². The van der Waals surface area contributed by atoms with E-state index < -0.39 is 11.9 Å². The van der Waals surface area contributed by atoms with Crippen LogP contribution in [0.5, 0.6) is 0 Å². The Bertz CT molecular complexity index is 878. The molecule has 1 fully saturated rings. The van der Waals surface area contributed by atoms with Crippen molar-refractivity contribution in [3.8, 4) is 0 Å². The van der Waals surface area contributed by atoms with Crippen molar-refractivity contribution in [3.63, 3.8) is 0 Å². The number of nitrogens with zero attached hydrogens (tertiary/aromatic N) is 1. The second-order valence-corrected chi connectivity index (χ2v) is 6.96. The summed E-state index contributed by atoms with van der Waals surface area (Å²) in [6.07, 6.45) is 4.45. The highest BCUT2D eigenvalue weighted by atomic mass is 16.4. The number of rotatable bonds is 2. The van der Waals surface area contributed by atoms with Gasteiger partial charge in [0, 0.05) is 30.4 Å². The van der Waals surface area contributed by atoms with Gasteiger partial charge in [0.25, 0.3) is 0 Å². The lowest BCUT2D eigenvalue weighted by atomic mass is 9.88. The van der Waals surface area contributed by atoms with Crippen LogP contribution < -0.4 is 10.6 Å². The van der Waals surface area contributed by atoms with E-state index in [2.05, 4.69) is 53.4 Å². The second kappa shape index (κ2) is 8.71. The van der Waals surface area contributed by atoms with Gasteiger partial charge in [-0.05, 0) is 42.0 Å². The highest BCUT2D eigenvalue weighted by Crippen LogP contribution is 2.41. The number of para-hydroxylation sites is 1. The van der Waals surface area contributed by atoms with E-state index in [-0.39, 0.29) is 6.04 Å². The molecule has 2 atom stereocenters.